The molecule has 0 atom stereocenters. The molecular weight excluding hydrogens is 244 g/mol. The van der Waals surface area contributed by atoms with Gasteiger partial charge in [-0.3, -0.25) is 4.79 Å². The Labute approximate surface area is 111 Å². The van der Waals surface area contributed by atoms with Crippen LogP contribution < -0.4 is 10.6 Å². The largest absolute Gasteiger partial charge is 0.423 e. The maximum Gasteiger partial charge on any atom is 0.247 e. The minimum atomic E-state index is -0.0277. The topological polar surface area (TPSA) is 80.0 Å². The van der Waals surface area contributed by atoms with Gasteiger partial charge in [-0.15, -0.1) is 10.2 Å². The molecule has 1 heterocycles. The van der Waals surface area contributed by atoms with Crippen molar-refractivity contribution in [1.82, 2.24) is 15.5 Å². The Morgan fingerprint density at radius 3 is 2.95 bits per heavy atom. The van der Waals surface area contributed by atoms with Crippen LogP contribution in [0.25, 0.3) is 11.5 Å². The number of anilines is 1. The van der Waals surface area contributed by atoms with Gasteiger partial charge in [0.25, 0.3) is 0 Å². The Bertz CT molecular complexity index is 552. The molecule has 0 radical (unpaired) electrons. The summed E-state index contributed by atoms with van der Waals surface area (Å²) in [6.45, 7) is 2.58. The number of benzene rings is 1. The monoisotopic (exact) mass is 260 g/mol. The van der Waals surface area contributed by atoms with Gasteiger partial charge in [0.2, 0.25) is 18.2 Å². The van der Waals surface area contributed by atoms with Crippen molar-refractivity contribution in [3.63, 3.8) is 0 Å². The summed E-state index contributed by atoms with van der Waals surface area (Å²) in [6, 6.07) is 5.62. The quantitative estimate of drug-likeness (QED) is 0.853. The molecule has 2 aromatic rings. The second-order valence-corrected chi connectivity index (χ2v) is 4.18. The molecule has 1 aromatic carbocycles. The molecule has 1 amide bonds. The van der Waals surface area contributed by atoms with Gasteiger partial charge >= 0.3 is 0 Å². The number of amides is 1. The van der Waals surface area contributed by atoms with Gasteiger partial charge in [0, 0.05) is 24.2 Å². The van der Waals surface area contributed by atoms with E-state index >= 15 is 0 Å². The van der Waals surface area contributed by atoms with Crippen LogP contribution in [0.4, 0.5) is 5.69 Å². The normalized spacial score (nSPS) is 10.4. The molecule has 0 aliphatic heterocycles. The number of aromatic nitrogens is 2. The van der Waals surface area contributed by atoms with Gasteiger partial charge in [0.1, 0.15) is 0 Å². The number of nitrogens with zero attached hydrogens (tertiary/aromatic N) is 2. The zero-order valence-corrected chi connectivity index (χ0v) is 10.9. The van der Waals surface area contributed by atoms with Gasteiger partial charge < -0.3 is 15.1 Å². The highest BCUT2D eigenvalue weighted by Crippen LogP contribution is 2.23. The van der Waals surface area contributed by atoms with Crippen LogP contribution >= 0.6 is 0 Å². The first-order chi connectivity index (χ1) is 9.20. The van der Waals surface area contributed by atoms with Crippen molar-refractivity contribution in [2.75, 3.05) is 18.9 Å². The summed E-state index contributed by atoms with van der Waals surface area (Å²) in [5.74, 6) is 0.408. The third kappa shape index (κ3) is 3.38. The summed E-state index contributed by atoms with van der Waals surface area (Å²) in [7, 11) is 1.81. The van der Waals surface area contributed by atoms with E-state index in [0.29, 0.717) is 18.9 Å². The number of nitrogens with one attached hydrogen (secondary N) is 2. The fourth-order valence-corrected chi connectivity index (χ4v) is 1.64. The molecule has 0 spiro atoms. The van der Waals surface area contributed by atoms with Gasteiger partial charge in [0.15, 0.2) is 0 Å². The Kier molecular flexibility index (Phi) is 4.25. The Morgan fingerprint density at radius 2 is 2.26 bits per heavy atom. The summed E-state index contributed by atoms with van der Waals surface area (Å²) in [5.41, 5.74) is 2.53. The van der Waals surface area contributed by atoms with Crippen molar-refractivity contribution in [3.05, 3.63) is 30.2 Å². The molecule has 6 heteroatoms. The Morgan fingerprint density at radius 1 is 1.42 bits per heavy atom. The minimum Gasteiger partial charge on any atom is -0.423 e. The number of carbonyl (C=O) groups excluding carboxylic acids is 1. The predicted octanol–water partition coefficient (Wildman–Crippen LogP) is 1.59. The zero-order chi connectivity index (χ0) is 13.7. The number of rotatable bonds is 5. The first-order valence-corrected chi connectivity index (χ1v) is 6.02. The molecule has 0 aliphatic rings. The minimum absolute atomic E-state index is 0.0277. The van der Waals surface area contributed by atoms with E-state index in [4.69, 9.17) is 4.42 Å². The highest BCUT2D eigenvalue weighted by atomic mass is 16.4. The van der Waals surface area contributed by atoms with E-state index in [2.05, 4.69) is 20.8 Å². The lowest BCUT2D eigenvalue weighted by Gasteiger charge is -2.09. The second kappa shape index (κ2) is 6.10. The number of hydrogen-bond donors (Lipinski definition) is 2. The van der Waals surface area contributed by atoms with Crippen molar-refractivity contribution >= 4 is 11.6 Å². The molecule has 2 N–H and O–H groups in total. The molecule has 19 heavy (non-hydrogen) atoms. The fraction of sp³-hybridized carbons (Fsp3) is 0.308. The van der Waals surface area contributed by atoms with E-state index in [-0.39, 0.29) is 5.91 Å². The summed E-state index contributed by atoms with van der Waals surface area (Å²) in [4.78, 5) is 11.7. The smallest absolute Gasteiger partial charge is 0.247 e. The van der Waals surface area contributed by atoms with Crippen molar-refractivity contribution in [1.29, 1.82) is 0 Å². The van der Waals surface area contributed by atoms with Gasteiger partial charge in [-0.1, -0.05) is 6.07 Å². The van der Waals surface area contributed by atoms with E-state index in [1.807, 2.05) is 32.2 Å². The van der Waals surface area contributed by atoms with Crippen molar-refractivity contribution in [3.8, 4) is 11.5 Å². The zero-order valence-electron chi connectivity index (χ0n) is 10.9. The lowest BCUT2D eigenvalue weighted by atomic mass is 10.1. The fourth-order valence-electron chi connectivity index (χ4n) is 1.64. The third-order valence-corrected chi connectivity index (χ3v) is 2.72. The van der Waals surface area contributed by atoms with Crippen molar-refractivity contribution in [2.24, 2.45) is 0 Å². The van der Waals surface area contributed by atoms with Gasteiger partial charge in [0.05, 0.1) is 0 Å². The number of hydrogen-bond acceptors (Lipinski definition) is 5. The van der Waals surface area contributed by atoms with E-state index in [1.54, 1.807) is 0 Å². The van der Waals surface area contributed by atoms with E-state index < -0.39 is 0 Å². The first kappa shape index (κ1) is 13.2. The standard InChI is InChI=1S/C13H16N4O2/c1-9-3-4-10(13-17-15-8-19-13)7-11(9)16-12(18)5-6-14-2/h3-4,7-8,14H,5-6H2,1-2H3,(H,16,18). The van der Waals surface area contributed by atoms with E-state index in [0.717, 1.165) is 16.8 Å². The lowest BCUT2D eigenvalue weighted by Crippen LogP contribution is -2.19. The van der Waals surface area contributed by atoms with Crippen LogP contribution in [0.3, 0.4) is 0 Å². The molecule has 100 valence electrons. The summed E-state index contributed by atoms with van der Waals surface area (Å²) < 4.78 is 5.14. The Balaban J connectivity index is 2.16. The van der Waals surface area contributed by atoms with Crippen molar-refractivity contribution < 1.29 is 9.21 Å². The molecule has 0 aliphatic carbocycles. The predicted molar refractivity (Wildman–Crippen MR) is 71.6 cm³/mol. The van der Waals surface area contributed by atoms with Crippen LogP contribution in [0, 0.1) is 6.92 Å². The molecule has 2 rings (SSSR count). The second-order valence-electron chi connectivity index (χ2n) is 4.18. The lowest BCUT2D eigenvalue weighted by molar-refractivity contribution is -0.116. The summed E-state index contributed by atoms with van der Waals surface area (Å²) in [6.07, 6.45) is 1.71. The molecule has 0 saturated carbocycles. The Hall–Kier alpha value is -2.21. The number of carbonyl (C=O) groups is 1. The molecule has 0 fully saturated rings. The van der Waals surface area contributed by atoms with Gasteiger partial charge in [-0.2, -0.15) is 0 Å². The van der Waals surface area contributed by atoms with Crippen molar-refractivity contribution in [2.45, 2.75) is 13.3 Å². The van der Waals surface area contributed by atoms with E-state index in [9.17, 15) is 4.79 Å². The highest BCUT2D eigenvalue weighted by molar-refractivity contribution is 5.92. The first-order valence-electron chi connectivity index (χ1n) is 6.02. The van der Waals surface area contributed by atoms with Crippen LogP contribution in [0.5, 0.6) is 0 Å². The summed E-state index contributed by atoms with van der Waals surface area (Å²) >= 11 is 0. The molecule has 6 nitrogen and oxygen atoms in total. The summed E-state index contributed by atoms with van der Waals surface area (Å²) in [5, 5.41) is 13.3. The van der Waals surface area contributed by atoms with Gasteiger partial charge in [-0.25, -0.2) is 0 Å². The number of aryl methyl sites for hydroxylation is 1. The van der Waals surface area contributed by atoms with Crippen LogP contribution in [-0.2, 0) is 4.79 Å². The van der Waals surface area contributed by atoms with E-state index in [1.165, 1.54) is 6.39 Å². The van der Waals surface area contributed by atoms with Crippen LogP contribution in [0.1, 0.15) is 12.0 Å². The maximum absolute atomic E-state index is 11.7. The molecule has 0 unspecified atom stereocenters. The third-order valence-electron chi connectivity index (χ3n) is 2.72. The SMILES string of the molecule is CNCCC(=O)Nc1cc(-c2nnco2)ccc1C. The highest BCUT2D eigenvalue weighted by Gasteiger charge is 2.09. The average Bonchev–Trinajstić information content (AvgIpc) is 2.93. The van der Waals surface area contributed by atoms with Crippen LogP contribution in [-0.4, -0.2) is 29.7 Å². The molecule has 1 aromatic heterocycles. The van der Waals surface area contributed by atoms with Gasteiger partial charge in [-0.05, 0) is 31.7 Å². The average molecular weight is 260 g/mol. The van der Waals surface area contributed by atoms with Crippen LogP contribution in [0.2, 0.25) is 0 Å². The molecule has 0 saturated heterocycles. The van der Waals surface area contributed by atoms with Crippen LogP contribution in [0.15, 0.2) is 29.0 Å². The molecular formula is C13H16N4O2. The maximum atomic E-state index is 11.7. The molecule has 0 bridgehead atoms.